The van der Waals surface area contributed by atoms with Gasteiger partial charge in [0.2, 0.25) is 0 Å². The molecule has 170 valence electrons. The maximum Gasteiger partial charge on any atom is 0.338 e. The third kappa shape index (κ3) is 6.46. The molecule has 0 aliphatic heterocycles. The molecule has 0 aromatic heterocycles. The summed E-state index contributed by atoms with van der Waals surface area (Å²) < 4.78 is 17.4. The molecule has 31 heavy (non-hydrogen) atoms. The molecule has 1 aromatic rings. The van der Waals surface area contributed by atoms with Gasteiger partial charge in [0, 0.05) is 0 Å². The quantitative estimate of drug-likeness (QED) is 0.341. The third-order valence-corrected chi connectivity index (χ3v) is 6.93. The van der Waals surface area contributed by atoms with Crippen LogP contribution < -0.4 is 4.74 Å². The molecule has 0 amide bonds. The zero-order chi connectivity index (χ0) is 22.2. The number of rotatable bonds is 9. The van der Waals surface area contributed by atoms with Crippen molar-refractivity contribution < 1.29 is 19.0 Å². The van der Waals surface area contributed by atoms with Crippen LogP contribution >= 0.6 is 0 Å². The summed E-state index contributed by atoms with van der Waals surface area (Å²) in [4.78, 5) is 12.8. The van der Waals surface area contributed by atoms with Crippen LogP contribution in [0.25, 0.3) is 0 Å². The van der Waals surface area contributed by atoms with Crippen molar-refractivity contribution in [2.45, 2.75) is 77.4 Å². The normalized spacial score (nSPS) is 26.1. The summed E-state index contributed by atoms with van der Waals surface area (Å²) in [5, 5.41) is 0. The standard InChI is InChI=1S/C27H38O4/c1-5-15-29-23-11-7-21(8-12-23)22-9-13-24(14-10-22)31-27(28)25-17-20(4)26(18-19(25)3)30-16-6-2/h5-6,17-18,21-24H,1-2,7-16H2,3-4H3. The SMILES string of the molecule is C=CCOc1cc(C)c(C(=O)OC2CCC(C3CCC(OCC=C)CC3)CC2)cc1C. The number of hydrogen-bond donors (Lipinski definition) is 0. The minimum absolute atomic E-state index is 0.0346. The van der Waals surface area contributed by atoms with Gasteiger partial charge in [0.25, 0.3) is 0 Å². The Bertz CT molecular complexity index is 753. The summed E-state index contributed by atoms with van der Waals surface area (Å²) in [7, 11) is 0. The fraction of sp³-hybridized carbons (Fsp3) is 0.593. The van der Waals surface area contributed by atoms with Gasteiger partial charge in [-0.25, -0.2) is 4.79 Å². The first-order valence-electron chi connectivity index (χ1n) is 11.8. The monoisotopic (exact) mass is 426 g/mol. The summed E-state index contributed by atoms with van der Waals surface area (Å²) in [5.74, 6) is 2.15. The van der Waals surface area contributed by atoms with E-state index in [-0.39, 0.29) is 12.1 Å². The summed E-state index contributed by atoms with van der Waals surface area (Å²) in [5.41, 5.74) is 2.47. The summed E-state index contributed by atoms with van der Waals surface area (Å²) >= 11 is 0. The second-order valence-corrected chi connectivity index (χ2v) is 9.13. The molecule has 0 atom stereocenters. The second-order valence-electron chi connectivity index (χ2n) is 9.13. The van der Waals surface area contributed by atoms with Gasteiger partial charge >= 0.3 is 5.97 Å². The van der Waals surface area contributed by atoms with Crippen molar-refractivity contribution >= 4 is 5.97 Å². The maximum absolute atomic E-state index is 12.8. The van der Waals surface area contributed by atoms with Gasteiger partial charge in [0.15, 0.2) is 0 Å². The Hall–Kier alpha value is -2.07. The van der Waals surface area contributed by atoms with Gasteiger partial charge in [-0.3, -0.25) is 0 Å². The highest BCUT2D eigenvalue weighted by atomic mass is 16.5. The molecule has 0 bridgehead atoms. The lowest BCUT2D eigenvalue weighted by Gasteiger charge is -2.37. The van der Waals surface area contributed by atoms with Crippen molar-refractivity contribution in [1.29, 1.82) is 0 Å². The molecule has 0 saturated heterocycles. The number of carbonyl (C=O) groups is 1. The van der Waals surface area contributed by atoms with Crippen molar-refractivity contribution in [3.05, 3.63) is 54.1 Å². The highest BCUT2D eigenvalue weighted by Gasteiger charge is 2.32. The number of benzene rings is 1. The van der Waals surface area contributed by atoms with Gasteiger partial charge in [-0.05, 0) is 100 Å². The molecule has 2 aliphatic carbocycles. The Balaban J connectivity index is 1.47. The van der Waals surface area contributed by atoms with Gasteiger partial charge < -0.3 is 14.2 Å². The molecule has 0 radical (unpaired) electrons. The van der Waals surface area contributed by atoms with Crippen LogP contribution in [0.1, 0.15) is 72.9 Å². The number of hydrogen-bond acceptors (Lipinski definition) is 4. The Morgan fingerprint density at radius 3 is 2.03 bits per heavy atom. The van der Waals surface area contributed by atoms with Gasteiger partial charge in [0.1, 0.15) is 18.5 Å². The largest absolute Gasteiger partial charge is 0.489 e. The van der Waals surface area contributed by atoms with E-state index in [0.29, 0.717) is 24.9 Å². The predicted molar refractivity (Wildman–Crippen MR) is 125 cm³/mol. The van der Waals surface area contributed by atoms with E-state index in [1.165, 1.54) is 25.7 Å². The van der Waals surface area contributed by atoms with Crippen LogP contribution in [0.15, 0.2) is 37.4 Å². The lowest BCUT2D eigenvalue weighted by molar-refractivity contribution is 0.000842. The van der Waals surface area contributed by atoms with Gasteiger partial charge in [0.05, 0.1) is 18.3 Å². The van der Waals surface area contributed by atoms with Crippen LogP contribution in [0.4, 0.5) is 0 Å². The minimum Gasteiger partial charge on any atom is -0.489 e. The van der Waals surface area contributed by atoms with Crippen LogP contribution in [0.2, 0.25) is 0 Å². The lowest BCUT2D eigenvalue weighted by atomic mass is 9.72. The Morgan fingerprint density at radius 1 is 0.871 bits per heavy atom. The van der Waals surface area contributed by atoms with E-state index in [1.807, 2.05) is 32.1 Å². The summed E-state index contributed by atoms with van der Waals surface area (Å²) in [6.07, 6.45) is 13.1. The van der Waals surface area contributed by atoms with Crippen molar-refractivity contribution in [2.75, 3.05) is 13.2 Å². The van der Waals surface area contributed by atoms with E-state index in [2.05, 4.69) is 13.2 Å². The highest BCUT2D eigenvalue weighted by molar-refractivity contribution is 5.91. The number of aryl methyl sites for hydroxylation is 2. The topological polar surface area (TPSA) is 44.8 Å². The highest BCUT2D eigenvalue weighted by Crippen LogP contribution is 2.39. The average molecular weight is 427 g/mol. The van der Waals surface area contributed by atoms with Crippen molar-refractivity contribution in [1.82, 2.24) is 0 Å². The first-order chi connectivity index (χ1) is 15.0. The van der Waals surface area contributed by atoms with Crippen LogP contribution in [0, 0.1) is 25.7 Å². The molecule has 0 N–H and O–H groups in total. The van der Waals surface area contributed by atoms with Crippen LogP contribution in [-0.4, -0.2) is 31.4 Å². The average Bonchev–Trinajstić information content (AvgIpc) is 2.78. The zero-order valence-electron chi connectivity index (χ0n) is 19.2. The fourth-order valence-corrected chi connectivity index (χ4v) is 5.14. The lowest BCUT2D eigenvalue weighted by Crippen LogP contribution is -2.31. The molecule has 4 nitrogen and oxygen atoms in total. The number of ether oxygens (including phenoxy) is 3. The number of carbonyl (C=O) groups excluding carboxylic acids is 1. The molecule has 2 saturated carbocycles. The van der Waals surface area contributed by atoms with E-state index in [4.69, 9.17) is 14.2 Å². The third-order valence-electron chi connectivity index (χ3n) is 6.93. The summed E-state index contributed by atoms with van der Waals surface area (Å²) in [6, 6.07) is 3.80. The molecule has 0 heterocycles. The van der Waals surface area contributed by atoms with Crippen LogP contribution in [0.3, 0.4) is 0 Å². The molecule has 2 aliphatic rings. The van der Waals surface area contributed by atoms with E-state index in [9.17, 15) is 4.79 Å². The van der Waals surface area contributed by atoms with Crippen molar-refractivity contribution in [3.63, 3.8) is 0 Å². The summed E-state index contributed by atoms with van der Waals surface area (Å²) in [6.45, 7) is 12.4. The molecule has 0 unspecified atom stereocenters. The smallest absolute Gasteiger partial charge is 0.338 e. The first-order valence-corrected chi connectivity index (χ1v) is 11.8. The Labute approximate surface area is 187 Å². The van der Waals surface area contributed by atoms with Crippen LogP contribution in [0.5, 0.6) is 5.75 Å². The second kappa shape index (κ2) is 11.5. The van der Waals surface area contributed by atoms with E-state index >= 15 is 0 Å². The molecule has 0 spiro atoms. The van der Waals surface area contributed by atoms with Gasteiger partial charge in [-0.15, -0.1) is 6.58 Å². The van der Waals surface area contributed by atoms with E-state index < -0.39 is 0 Å². The maximum atomic E-state index is 12.8. The fourth-order valence-electron chi connectivity index (χ4n) is 5.14. The van der Waals surface area contributed by atoms with Crippen molar-refractivity contribution in [2.24, 2.45) is 11.8 Å². The van der Waals surface area contributed by atoms with Gasteiger partial charge in [-0.1, -0.05) is 18.7 Å². The zero-order valence-corrected chi connectivity index (χ0v) is 19.2. The first kappa shape index (κ1) is 23.6. The van der Waals surface area contributed by atoms with Gasteiger partial charge in [-0.2, -0.15) is 0 Å². The van der Waals surface area contributed by atoms with E-state index in [0.717, 1.165) is 54.4 Å². The van der Waals surface area contributed by atoms with Crippen molar-refractivity contribution in [3.8, 4) is 5.75 Å². The van der Waals surface area contributed by atoms with E-state index in [1.54, 1.807) is 6.08 Å². The Morgan fingerprint density at radius 2 is 1.45 bits per heavy atom. The molecular weight excluding hydrogens is 388 g/mol. The Kier molecular flexibility index (Phi) is 8.77. The molecule has 1 aromatic carbocycles. The molecule has 3 rings (SSSR count). The molecule has 2 fully saturated rings. The number of esters is 1. The van der Waals surface area contributed by atoms with Crippen LogP contribution in [-0.2, 0) is 9.47 Å². The predicted octanol–water partition coefficient (Wildman–Crippen LogP) is 6.35. The minimum atomic E-state index is -0.209. The molecular formula is C27H38O4. The molecule has 4 heteroatoms.